The van der Waals surface area contributed by atoms with E-state index in [1.54, 1.807) is 0 Å². The maximum atomic E-state index is 11.5. The quantitative estimate of drug-likeness (QED) is 0.669. The van der Waals surface area contributed by atoms with Crippen LogP contribution in [0.15, 0.2) is 42.0 Å². The summed E-state index contributed by atoms with van der Waals surface area (Å²) in [4.78, 5) is 11.5. The molecule has 1 aliphatic rings. The van der Waals surface area contributed by atoms with Crippen LogP contribution >= 0.6 is 0 Å². The molecule has 0 radical (unpaired) electrons. The number of hydrogen-bond acceptors (Lipinski definition) is 1. The van der Waals surface area contributed by atoms with Gasteiger partial charge in [-0.2, -0.15) is 0 Å². The first-order valence-electron chi connectivity index (χ1n) is 5.62. The minimum absolute atomic E-state index is 0.359. The average molecular weight is 200 g/mol. The average Bonchev–Trinajstić information content (AvgIpc) is 2.29. The summed E-state index contributed by atoms with van der Waals surface area (Å²) in [6.45, 7) is 0. The Kier molecular flexibility index (Phi) is 3.33. The van der Waals surface area contributed by atoms with E-state index in [1.807, 2.05) is 18.2 Å². The van der Waals surface area contributed by atoms with Crippen molar-refractivity contribution in [3.8, 4) is 0 Å². The lowest BCUT2D eigenvalue weighted by atomic mass is 9.92. The van der Waals surface area contributed by atoms with E-state index < -0.39 is 0 Å². The van der Waals surface area contributed by atoms with Crippen LogP contribution in [-0.2, 0) is 11.2 Å². The molecule has 0 amide bonds. The summed E-state index contributed by atoms with van der Waals surface area (Å²) in [6, 6.07) is 10.3. The monoisotopic (exact) mass is 200 g/mol. The fourth-order valence-electron chi connectivity index (χ4n) is 1.97. The molecule has 0 saturated heterocycles. The van der Waals surface area contributed by atoms with E-state index in [9.17, 15) is 4.79 Å². The number of carbonyl (C=O) groups excluding carboxylic acids is 1. The third kappa shape index (κ3) is 2.79. The van der Waals surface area contributed by atoms with Gasteiger partial charge in [0.25, 0.3) is 0 Å². The van der Waals surface area contributed by atoms with Gasteiger partial charge in [0.2, 0.25) is 0 Å². The molecule has 0 heterocycles. The largest absolute Gasteiger partial charge is 0.295 e. The molecule has 1 aromatic rings. The van der Waals surface area contributed by atoms with Crippen LogP contribution in [-0.4, -0.2) is 5.78 Å². The van der Waals surface area contributed by atoms with E-state index in [4.69, 9.17) is 0 Å². The first-order chi connectivity index (χ1) is 7.36. The van der Waals surface area contributed by atoms with Gasteiger partial charge in [0.1, 0.15) is 0 Å². The first kappa shape index (κ1) is 10.2. The van der Waals surface area contributed by atoms with Crippen LogP contribution in [0.4, 0.5) is 0 Å². The zero-order valence-electron chi connectivity index (χ0n) is 8.91. The zero-order valence-corrected chi connectivity index (χ0v) is 8.91. The highest BCUT2D eigenvalue weighted by Gasteiger charge is 2.13. The summed E-state index contributed by atoms with van der Waals surface area (Å²) in [6.07, 6.45) is 6.97. The minimum atomic E-state index is 0.359. The van der Waals surface area contributed by atoms with Crippen molar-refractivity contribution in [1.29, 1.82) is 0 Å². The molecule has 0 aromatic heterocycles. The Balaban J connectivity index is 2.01. The molecule has 0 aliphatic heterocycles. The van der Waals surface area contributed by atoms with Crippen LogP contribution in [0.1, 0.15) is 31.2 Å². The summed E-state index contributed by atoms with van der Waals surface area (Å²) < 4.78 is 0. The van der Waals surface area contributed by atoms with Crippen LogP contribution in [0.25, 0.3) is 0 Å². The lowest BCUT2D eigenvalue weighted by Gasteiger charge is -2.12. The van der Waals surface area contributed by atoms with Gasteiger partial charge in [0, 0.05) is 6.42 Å². The van der Waals surface area contributed by atoms with Crippen molar-refractivity contribution in [3.05, 3.63) is 47.5 Å². The van der Waals surface area contributed by atoms with Crippen LogP contribution in [0.3, 0.4) is 0 Å². The van der Waals surface area contributed by atoms with Crippen molar-refractivity contribution in [1.82, 2.24) is 0 Å². The van der Waals surface area contributed by atoms with Crippen molar-refractivity contribution in [2.45, 2.75) is 32.1 Å². The molecule has 15 heavy (non-hydrogen) atoms. The Bertz CT molecular complexity index is 362. The molecule has 1 aromatic carbocycles. The molecule has 1 aliphatic carbocycles. The Labute approximate surface area is 90.8 Å². The molecule has 1 nitrogen and oxygen atoms in total. The van der Waals surface area contributed by atoms with Crippen LogP contribution in [0.2, 0.25) is 0 Å². The number of allylic oxidation sites excluding steroid dienone is 2. The molecular weight excluding hydrogens is 184 g/mol. The van der Waals surface area contributed by atoms with Gasteiger partial charge in [0.15, 0.2) is 5.78 Å². The number of hydrogen-bond donors (Lipinski definition) is 0. The van der Waals surface area contributed by atoms with Gasteiger partial charge in [-0.05, 0) is 36.8 Å². The van der Waals surface area contributed by atoms with Gasteiger partial charge in [-0.25, -0.2) is 0 Å². The van der Waals surface area contributed by atoms with Crippen molar-refractivity contribution in [2.24, 2.45) is 0 Å². The molecule has 1 saturated carbocycles. The third-order valence-corrected chi connectivity index (χ3v) is 2.89. The summed E-state index contributed by atoms with van der Waals surface area (Å²) in [7, 11) is 0. The maximum absolute atomic E-state index is 11.5. The molecule has 78 valence electrons. The lowest BCUT2D eigenvalue weighted by Crippen LogP contribution is -2.08. The van der Waals surface area contributed by atoms with Gasteiger partial charge >= 0.3 is 0 Å². The minimum Gasteiger partial charge on any atom is -0.295 e. The predicted molar refractivity (Wildman–Crippen MR) is 61.7 cm³/mol. The number of rotatable bonds is 2. The Morgan fingerprint density at radius 2 is 1.80 bits per heavy atom. The van der Waals surface area contributed by atoms with Gasteiger partial charge < -0.3 is 0 Å². The summed E-state index contributed by atoms with van der Waals surface area (Å²) >= 11 is 0. The standard InChI is InChI=1S/C14H16O/c15-14-9-5-4-8-13(14)11-10-12-6-2-1-3-7-12/h1-3,6-7,11H,4-5,8-10H2/b13-11+. The molecular formula is C14H16O. The fraction of sp³-hybridized carbons (Fsp3) is 0.357. The van der Waals surface area contributed by atoms with Gasteiger partial charge in [0.05, 0.1) is 0 Å². The fourth-order valence-corrected chi connectivity index (χ4v) is 1.97. The molecule has 0 atom stereocenters. The molecule has 0 bridgehead atoms. The smallest absolute Gasteiger partial charge is 0.158 e. The Morgan fingerprint density at radius 1 is 1.07 bits per heavy atom. The summed E-state index contributed by atoms with van der Waals surface area (Å²) in [5.41, 5.74) is 2.33. The number of carbonyl (C=O) groups is 1. The van der Waals surface area contributed by atoms with Gasteiger partial charge in [-0.15, -0.1) is 0 Å². The summed E-state index contributed by atoms with van der Waals surface area (Å²) in [5, 5.41) is 0. The van der Waals surface area contributed by atoms with E-state index in [1.165, 1.54) is 12.0 Å². The second kappa shape index (κ2) is 4.92. The molecule has 1 fully saturated rings. The van der Waals surface area contributed by atoms with E-state index >= 15 is 0 Å². The van der Waals surface area contributed by atoms with E-state index in [0.29, 0.717) is 5.78 Å². The van der Waals surface area contributed by atoms with Crippen LogP contribution < -0.4 is 0 Å². The van der Waals surface area contributed by atoms with Crippen LogP contribution in [0.5, 0.6) is 0 Å². The van der Waals surface area contributed by atoms with E-state index in [2.05, 4.69) is 18.2 Å². The Hall–Kier alpha value is -1.37. The van der Waals surface area contributed by atoms with Crippen molar-refractivity contribution < 1.29 is 4.79 Å². The lowest BCUT2D eigenvalue weighted by molar-refractivity contribution is -0.116. The molecule has 1 heteroatoms. The molecule has 0 spiro atoms. The second-order valence-electron chi connectivity index (χ2n) is 4.05. The predicted octanol–water partition coefficient (Wildman–Crippen LogP) is 3.30. The normalized spacial score (nSPS) is 19.5. The third-order valence-electron chi connectivity index (χ3n) is 2.89. The van der Waals surface area contributed by atoms with Crippen LogP contribution in [0, 0.1) is 0 Å². The number of benzene rings is 1. The molecule has 0 N–H and O–H groups in total. The molecule has 0 unspecified atom stereocenters. The van der Waals surface area contributed by atoms with E-state index in [-0.39, 0.29) is 0 Å². The van der Waals surface area contributed by atoms with Crippen molar-refractivity contribution >= 4 is 5.78 Å². The Morgan fingerprint density at radius 3 is 2.53 bits per heavy atom. The van der Waals surface area contributed by atoms with Gasteiger partial charge in [-0.3, -0.25) is 4.79 Å². The first-order valence-corrected chi connectivity index (χ1v) is 5.62. The highest BCUT2D eigenvalue weighted by Crippen LogP contribution is 2.20. The van der Waals surface area contributed by atoms with Gasteiger partial charge in [-0.1, -0.05) is 36.4 Å². The number of ketones is 1. The maximum Gasteiger partial charge on any atom is 0.158 e. The topological polar surface area (TPSA) is 17.1 Å². The highest BCUT2D eigenvalue weighted by atomic mass is 16.1. The molecule has 2 rings (SSSR count). The van der Waals surface area contributed by atoms with Crippen molar-refractivity contribution in [3.63, 3.8) is 0 Å². The van der Waals surface area contributed by atoms with E-state index in [0.717, 1.165) is 31.3 Å². The highest BCUT2D eigenvalue weighted by molar-refractivity contribution is 5.95. The second-order valence-corrected chi connectivity index (χ2v) is 4.05. The number of Topliss-reactive ketones (excluding diaryl/α,β-unsaturated/α-hetero) is 1. The zero-order chi connectivity index (χ0) is 10.5. The SMILES string of the molecule is O=C1CCCC/C1=C\Cc1ccccc1. The van der Waals surface area contributed by atoms with Crippen molar-refractivity contribution in [2.75, 3.05) is 0 Å². The summed E-state index contributed by atoms with van der Waals surface area (Å²) in [5.74, 6) is 0.359.